The molecule has 1 N–H and O–H groups in total. The molecule has 1 heterocycles. The quantitative estimate of drug-likeness (QED) is 0.0302. The molecule has 470 valence electrons. The minimum Gasteiger partial charge on any atom is -0.411 e. The van der Waals surface area contributed by atoms with Crippen LogP contribution in [0.15, 0.2) is 150 Å². The zero-order valence-electron chi connectivity index (χ0n) is 53.9. The minimum atomic E-state index is -4.20. The number of hydrogen-bond acceptors (Lipinski definition) is 10. The van der Waals surface area contributed by atoms with Crippen LogP contribution in [0.1, 0.15) is 160 Å². The van der Waals surface area contributed by atoms with Crippen LogP contribution in [0, 0.1) is 6.92 Å². The molecule has 2 unspecified atom stereocenters. The van der Waals surface area contributed by atoms with E-state index < -0.39 is 75.6 Å². The molecular weight excluding hydrogens is 1120 g/mol. The summed E-state index contributed by atoms with van der Waals surface area (Å²) in [6.07, 6.45) is 9.95. The van der Waals surface area contributed by atoms with E-state index in [1.807, 2.05) is 140 Å². The maximum Gasteiger partial charge on any atom is 0.240 e. The number of rotatable bonds is 38. The first-order valence-electron chi connectivity index (χ1n) is 31.9. The van der Waals surface area contributed by atoms with Crippen molar-refractivity contribution < 1.29 is 45.7 Å². The van der Waals surface area contributed by atoms with Crippen molar-refractivity contribution in [3.05, 3.63) is 173 Å². The van der Waals surface area contributed by atoms with Crippen LogP contribution in [0.2, 0.25) is 36.3 Å². The van der Waals surface area contributed by atoms with Crippen molar-refractivity contribution in [2.45, 2.75) is 255 Å². The number of hydrogen-bond donors (Lipinski definition) is 1. The van der Waals surface area contributed by atoms with Crippen LogP contribution in [0.25, 0.3) is 0 Å². The van der Waals surface area contributed by atoms with Gasteiger partial charge in [0.2, 0.25) is 10.0 Å². The molecule has 0 aliphatic carbocycles. The van der Waals surface area contributed by atoms with Gasteiger partial charge in [-0.2, -0.15) is 0 Å². The first-order valence-corrected chi connectivity index (χ1v) is 39.2. The lowest BCUT2D eigenvalue weighted by Crippen LogP contribution is -2.63. The molecule has 85 heavy (non-hydrogen) atoms. The van der Waals surface area contributed by atoms with E-state index in [0.717, 1.165) is 47.1 Å². The summed E-state index contributed by atoms with van der Waals surface area (Å²) >= 11 is 0. The number of unbranched alkanes of at least 4 members (excludes halogenated alkanes) is 11. The fraction of sp³-hybridized carbons (Fsp3) is 0.577. The highest BCUT2D eigenvalue weighted by molar-refractivity contribution is 7.89. The summed E-state index contributed by atoms with van der Waals surface area (Å²) in [5, 5.41) is -0.390. The second-order valence-corrected chi connectivity index (χ2v) is 37.9. The molecule has 0 saturated carbocycles. The van der Waals surface area contributed by atoms with Crippen LogP contribution in [-0.2, 0) is 73.7 Å². The smallest absolute Gasteiger partial charge is 0.240 e. The van der Waals surface area contributed by atoms with Gasteiger partial charge in [-0.15, -0.1) is 0 Å². The maximum atomic E-state index is 15.2. The molecule has 1 saturated heterocycles. The third-order valence-corrected chi connectivity index (χ3v) is 28.0. The summed E-state index contributed by atoms with van der Waals surface area (Å²) in [5.74, 6) is 0. The standard InChI is InChI=1S/C71H107NO10SSi2/c1-13-14-15-16-17-18-19-20-21-22-23-36-45-63(81-84(9,10)70(3,4)5)65(82-85(11,12)71(6,7)8)62(72-83(73,74)61-48-46-56(2)47-49-61)54-79-69-68(78-53-60-43-34-27-35-44-60)67(77-52-59-41-32-26-33-42-59)66(76-51-58-39-30-25-31-40-58)64(80-69)55-75-50-57-37-28-24-29-38-57/h24-35,37-44,46-49,62-69,72H,13-23,36,45,50-55H2,1-12H3/t62-,63+,64?,65-,66-,67+,68?,69-/m0/s1. The largest absolute Gasteiger partial charge is 0.411 e. The molecule has 5 aromatic carbocycles. The van der Waals surface area contributed by atoms with Gasteiger partial charge in [-0.25, -0.2) is 13.1 Å². The Morgan fingerprint density at radius 3 is 1.38 bits per heavy atom. The van der Waals surface area contributed by atoms with Crippen LogP contribution < -0.4 is 4.72 Å². The molecule has 1 aliphatic rings. The van der Waals surface area contributed by atoms with Gasteiger partial charge in [0.15, 0.2) is 22.9 Å². The zero-order chi connectivity index (χ0) is 61.4. The Hall–Kier alpha value is -3.88. The van der Waals surface area contributed by atoms with Crippen molar-refractivity contribution in [3.8, 4) is 0 Å². The van der Waals surface area contributed by atoms with E-state index in [1.165, 1.54) is 57.8 Å². The third-order valence-electron chi connectivity index (χ3n) is 17.5. The van der Waals surface area contributed by atoms with E-state index in [4.69, 9.17) is 37.3 Å². The van der Waals surface area contributed by atoms with Crippen molar-refractivity contribution in [1.29, 1.82) is 0 Å². The summed E-state index contributed by atoms with van der Waals surface area (Å²) in [6.45, 7) is 27.8. The van der Waals surface area contributed by atoms with E-state index in [-0.39, 0.29) is 48.0 Å². The predicted molar refractivity (Wildman–Crippen MR) is 351 cm³/mol. The minimum absolute atomic E-state index is 0.132. The van der Waals surface area contributed by atoms with Crippen LogP contribution >= 0.6 is 0 Å². The van der Waals surface area contributed by atoms with Crippen molar-refractivity contribution in [2.75, 3.05) is 13.2 Å². The predicted octanol–water partition coefficient (Wildman–Crippen LogP) is 17.2. The number of aryl methyl sites for hydroxylation is 1. The average molecular weight is 1220 g/mol. The fourth-order valence-electron chi connectivity index (χ4n) is 10.2. The highest BCUT2D eigenvalue weighted by atomic mass is 32.2. The van der Waals surface area contributed by atoms with E-state index in [1.54, 1.807) is 12.1 Å². The van der Waals surface area contributed by atoms with E-state index in [9.17, 15) is 0 Å². The van der Waals surface area contributed by atoms with Crippen molar-refractivity contribution in [2.24, 2.45) is 0 Å². The van der Waals surface area contributed by atoms with E-state index in [2.05, 4.69) is 79.4 Å². The molecule has 0 amide bonds. The van der Waals surface area contributed by atoms with Crippen LogP contribution in [0.4, 0.5) is 0 Å². The van der Waals surface area contributed by atoms with Gasteiger partial charge in [0, 0.05) is 0 Å². The Kier molecular flexibility index (Phi) is 28.7. The second-order valence-electron chi connectivity index (χ2n) is 26.6. The molecule has 0 spiro atoms. The molecule has 11 nitrogen and oxygen atoms in total. The van der Waals surface area contributed by atoms with Gasteiger partial charge in [0.25, 0.3) is 0 Å². The highest BCUT2D eigenvalue weighted by Crippen LogP contribution is 2.42. The summed E-state index contributed by atoms with van der Waals surface area (Å²) in [6, 6.07) is 46.3. The summed E-state index contributed by atoms with van der Waals surface area (Å²) in [4.78, 5) is 0.151. The van der Waals surface area contributed by atoms with E-state index >= 15 is 8.42 Å². The maximum absolute atomic E-state index is 15.2. The Balaban J connectivity index is 1.43. The second kappa shape index (κ2) is 34.8. The summed E-state index contributed by atoms with van der Waals surface area (Å²) in [7, 11) is -9.45. The van der Waals surface area contributed by atoms with Gasteiger partial charge >= 0.3 is 0 Å². The SMILES string of the molecule is CCCCCCCCCCCCCC[C@@H](O[Si](C)(C)C(C)(C)C)[C@@H](O[Si](C)(C)C(C)(C)C)[C@H](CO[C@H]1OC(COCc2ccccc2)[C@H](OCc2ccccc2)[C@@H](OCc2ccccc2)C1OCc1ccccc1)NS(=O)(=O)c1ccc(C)cc1. The van der Waals surface area contributed by atoms with Crippen molar-refractivity contribution in [3.63, 3.8) is 0 Å². The molecule has 14 heteroatoms. The van der Waals surface area contributed by atoms with Gasteiger partial charge in [-0.05, 0) is 84.0 Å². The summed E-state index contributed by atoms with van der Waals surface area (Å²) in [5.41, 5.74) is 4.89. The topological polar surface area (TPSA) is 120 Å². The van der Waals surface area contributed by atoms with Gasteiger partial charge in [-0.3, -0.25) is 0 Å². The molecule has 6 rings (SSSR count). The number of sulfonamides is 1. The lowest BCUT2D eigenvalue weighted by atomic mass is 9.97. The fourth-order valence-corrected chi connectivity index (χ4v) is 14.2. The first-order chi connectivity index (χ1) is 40.6. The number of nitrogens with one attached hydrogen (secondary N) is 1. The van der Waals surface area contributed by atoms with Gasteiger partial charge in [0.1, 0.15) is 24.4 Å². The molecule has 0 aromatic heterocycles. The Morgan fingerprint density at radius 1 is 0.506 bits per heavy atom. The number of benzene rings is 5. The summed E-state index contributed by atoms with van der Waals surface area (Å²) < 4.78 is 91.3. The Labute approximate surface area is 516 Å². The van der Waals surface area contributed by atoms with Crippen molar-refractivity contribution in [1.82, 2.24) is 4.72 Å². The zero-order valence-corrected chi connectivity index (χ0v) is 56.7. The molecule has 0 radical (unpaired) electrons. The average Bonchev–Trinajstić information content (AvgIpc) is 2.91. The van der Waals surface area contributed by atoms with Gasteiger partial charge < -0.3 is 37.3 Å². The van der Waals surface area contributed by atoms with Crippen LogP contribution in [0.5, 0.6) is 0 Å². The third kappa shape index (κ3) is 23.2. The molecule has 0 bridgehead atoms. The molecule has 5 aromatic rings. The molecular formula is C71H107NO10SSi2. The van der Waals surface area contributed by atoms with Crippen LogP contribution in [-0.4, -0.2) is 87.2 Å². The molecule has 1 aliphatic heterocycles. The molecule has 8 atom stereocenters. The molecule has 1 fully saturated rings. The lowest BCUT2D eigenvalue weighted by Gasteiger charge is -2.48. The first kappa shape index (κ1) is 70.2. The number of ether oxygens (including phenoxy) is 6. The Bertz CT molecular complexity index is 2710. The van der Waals surface area contributed by atoms with Gasteiger partial charge in [-0.1, -0.05) is 265 Å². The van der Waals surface area contributed by atoms with E-state index in [0.29, 0.717) is 13.0 Å². The monoisotopic (exact) mass is 1220 g/mol. The highest BCUT2D eigenvalue weighted by Gasteiger charge is 2.51. The van der Waals surface area contributed by atoms with Gasteiger partial charge in [0.05, 0.1) is 62.8 Å². The van der Waals surface area contributed by atoms with Crippen LogP contribution in [0.3, 0.4) is 0 Å². The normalized spacial score (nSPS) is 19.2. The lowest BCUT2D eigenvalue weighted by molar-refractivity contribution is -0.329. The Morgan fingerprint density at radius 2 is 0.918 bits per heavy atom. The van der Waals surface area contributed by atoms with Crippen molar-refractivity contribution >= 4 is 26.7 Å².